The lowest BCUT2D eigenvalue weighted by atomic mass is 10.2. The number of rotatable bonds is 6. The van der Waals surface area contributed by atoms with Gasteiger partial charge in [0.2, 0.25) is 0 Å². The quantitative estimate of drug-likeness (QED) is 0.395. The van der Waals surface area contributed by atoms with E-state index in [1.54, 1.807) is 20.8 Å². The van der Waals surface area contributed by atoms with E-state index in [1.165, 1.54) is 0 Å². The third-order valence-corrected chi connectivity index (χ3v) is 1.58. The highest BCUT2D eigenvalue weighted by atomic mass is 16.6. The molecule has 1 unspecified atom stereocenters. The van der Waals surface area contributed by atoms with Crippen LogP contribution in [0.5, 0.6) is 0 Å². The highest BCUT2D eigenvalue weighted by Gasteiger charge is 2.12. The minimum atomic E-state index is -0.484. The Bertz CT molecular complexity index is 304. The van der Waals surface area contributed by atoms with Crippen LogP contribution >= 0.6 is 0 Å². The molecule has 0 aromatic rings. The summed E-state index contributed by atoms with van der Waals surface area (Å²) in [5.74, 6) is -0.853. The highest BCUT2D eigenvalue weighted by Crippen LogP contribution is 2.02. The Hall–Kier alpha value is -1.58. The van der Waals surface area contributed by atoms with Crippen LogP contribution in [0, 0.1) is 0 Å². The number of carbonyl (C=O) groups is 2. The summed E-state index contributed by atoms with van der Waals surface area (Å²) in [4.78, 5) is 22.2. The molecule has 0 amide bonds. The number of hydrogen-bond acceptors (Lipinski definition) is 4. The monoisotopic (exact) mass is 226 g/mol. The lowest BCUT2D eigenvalue weighted by Gasteiger charge is -2.13. The highest BCUT2D eigenvalue weighted by molar-refractivity contribution is 5.86. The first kappa shape index (κ1) is 14.4. The Morgan fingerprint density at radius 2 is 1.81 bits per heavy atom. The average Bonchev–Trinajstić information content (AvgIpc) is 2.12. The fourth-order valence-corrected chi connectivity index (χ4v) is 0.863. The van der Waals surface area contributed by atoms with Crippen molar-refractivity contribution in [3.63, 3.8) is 0 Å². The SMILES string of the molecule is C=C(C)CC(=O)OC(C)COC(=O)C(=C)C. The van der Waals surface area contributed by atoms with Crippen molar-refractivity contribution in [3.05, 3.63) is 24.3 Å². The summed E-state index contributed by atoms with van der Waals surface area (Å²) in [7, 11) is 0. The standard InChI is InChI=1S/C12H18O4/c1-8(2)6-11(13)16-10(5)7-15-12(14)9(3)4/h10H,1,3,6-7H2,2,4-5H3. The number of hydrogen-bond donors (Lipinski definition) is 0. The first-order chi connectivity index (χ1) is 7.32. The molecule has 4 nitrogen and oxygen atoms in total. The fraction of sp³-hybridized carbons (Fsp3) is 0.500. The molecule has 0 aromatic carbocycles. The van der Waals surface area contributed by atoms with Gasteiger partial charge in [-0.15, -0.1) is 0 Å². The number of esters is 2. The Morgan fingerprint density at radius 3 is 2.25 bits per heavy atom. The topological polar surface area (TPSA) is 52.6 Å². The molecule has 0 saturated carbocycles. The summed E-state index contributed by atoms with van der Waals surface area (Å²) >= 11 is 0. The van der Waals surface area contributed by atoms with E-state index in [2.05, 4.69) is 13.2 Å². The van der Waals surface area contributed by atoms with Crippen LogP contribution in [-0.4, -0.2) is 24.6 Å². The lowest BCUT2D eigenvalue weighted by molar-refractivity contribution is -0.155. The van der Waals surface area contributed by atoms with E-state index in [4.69, 9.17) is 9.47 Å². The van der Waals surface area contributed by atoms with E-state index in [1.807, 2.05) is 0 Å². The summed E-state index contributed by atoms with van der Waals surface area (Å²) in [5.41, 5.74) is 1.05. The number of carbonyl (C=O) groups excluding carboxylic acids is 2. The summed E-state index contributed by atoms with van der Waals surface area (Å²) in [6.45, 7) is 12.0. The predicted octanol–water partition coefficient (Wildman–Crippen LogP) is 2.00. The van der Waals surface area contributed by atoms with Gasteiger partial charge in [-0.05, 0) is 20.8 Å². The normalized spacial score (nSPS) is 11.4. The van der Waals surface area contributed by atoms with Crippen molar-refractivity contribution in [2.75, 3.05) is 6.61 Å². The van der Waals surface area contributed by atoms with Gasteiger partial charge >= 0.3 is 11.9 Å². The molecule has 1 atom stereocenters. The largest absolute Gasteiger partial charge is 0.459 e. The molecule has 4 heteroatoms. The maximum atomic E-state index is 11.2. The molecule has 0 rings (SSSR count). The summed E-state index contributed by atoms with van der Waals surface area (Å²) in [5, 5.41) is 0. The molecule has 90 valence electrons. The van der Waals surface area contributed by atoms with Gasteiger partial charge < -0.3 is 9.47 Å². The van der Waals surface area contributed by atoms with Gasteiger partial charge in [0.05, 0.1) is 6.42 Å². The molecule has 16 heavy (non-hydrogen) atoms. The zero-order chi connectivity index (χ0) is 12.7. The molecule has 0 aliphatic heterocycles. The minimum Gasteiger partial charge on any atom is -0.459 e. The van der Waals surface area contributed by atoms with E-state index in [9.17, 15) is 9.59 Å². The van der Waals surface area contributed by atoms with Crippen LogP contribution in [0.1, 0.15) is 27.2 Å². The Balaban J connectivity index is 3.86. The molecule has 0 fully saturated rings. The molecular weight excluding hydrogens is 208 g/mol. The Labute approximate surface area is 95.9 Å². The van der Waals surface area contributed by atoms with E-state index < -0.39 is 12.1 Å². The van der Waals surface area contributed by atoms with Crippen molar-refractivity contribution >= 4 is 11.9 Å². The van der Waals surface area contributed by atoms with E-state index >= 15 is 0 Å². The second-order valence-electron chi connectivity index (χ2n) is 3.81. The fourth-order valence-electron chi connectivity index (χ4n) is 0.863. The van der Waals surface area contributed by atoms with Gasteiger partial charge in [0.1, 0.15) is 12.7 Å². The first-order valence-electron chi connectivity index (χ1n) is 4.99. The molecule has 0 aliphatic rings. The van der Waals surface area contributed by atoms with Crippen LogP contribution in [-0.2, 0) is 19.1 Å². The van der Waals surface area contributed by atoms with Gasteiger partial charge in [0.15, 0.2) is 0 Å². The molecule has 0 N–H and O–H groups in total. The number of ether oxygens (including phenoxy) is 2. The van der Waals surface area contributed by atoms with Crippen molar-refractivity contribution in [1.29, 1.82) is 0 Å². The maximum absolute atomic E-state index is 11.2. The maximum Gasteiger partial charge on any atom is 0.333 e. The zero-order valence-corrected chi connectivity index (χ0v) is 10.0. The molecule has 0 aliphatic carbocycles. The first-order valence-corrected chi connectivity index (χ1v) is 4.99. The van der Waals surface area contributed by atoms with Crippen molar-refractivity contribution < 1.29 is 19.1 Å². The van der Waals surface area contributed by atoms with Gasteiger partial charge in [-0.25, -0.2) is 4.79 Å². The summed E-state index contributed by atoms with van der Waals surface area (Å²) in [6, 6.07) is 0. The minimum absolute atomic E-state index is 0.0353. The van der Waals surface area contributed by atoms with Crippen LogP contribution < -0.4 is 0 Å². The average molecular weight is 226 g/mol. The Kier molecular flexibility index (Phi) is 6.15. The Morgan fingerprint density at radius 1 is 1.25 bits per heavy atom. The van der Waals surface area contributed by atoms with Gasteiger partial charge in [-0.1, -0.05) is 18.7 Å². The van der Waals surface area contributed by atoms with Crippen molar-refractivity contribution in [2.24, 2.45) is 0 Å². The van der Waals surface area contributed by atoms with Crippen LogP contribution in [0.15, 0.2) is 24.3 Å². The van der Waals surface area contributed by atoms with Crippen molar-refractivity contribution in [1.82, 2.24) is 0 Å². The third kappa shape index (κ3) is 6.81. The van der Waals surface area contributed by atoms with Crippen LogP contribution in [0.2, 0.25) is 0 Å². The molecule has 0 bridgehead atoms. The van der Waals surface area contributed by atoms with E-state index in [0.29, 0.717) is 5.57 Å². The summed E-state index contributed by atoms with van der Waals surface area (Å²) in [6.07, 6.45) is -0.283. The van der Waals surface area contributed by atoms with Crippen molar-refractivity contribution in [3.8, 4) is 0 Å². The molecule has 0 radical (unpaired) electrons. The van der Waals surface area contributed by atoms with E-state index in [0.717, 1.165) is 5.57 Å². The summed E-state index contributed by atoms with van der Waals surface area (Å²) < 4.78 is 9.82. The van der Waals surface area contributed by atoms with Crippen LogP contribution in [0.4, 0.5) is 0 Å². The lowest BCUT2D eigenvalue weighted by Crippen LogP contribution is -2.22. The zero-order valence-electron chi connectivity index (χ0n) is 10.0. The molecule has 0 spiro atoms. The van der Waals surface area contributed by atoms with Gasteiger partial charge in [0, 0.05) is 5.57 Å². The van der Waals surface area contributed by atoms with Crippen molar-refractivity contribution in [2.45, 2.75) is 33.3 Å². The third-order valence-electron chi connectivity index (χ3n) is 1.58. The second-order valence-corrected chi connectivity index (χ2v) is 3.81. The second kappa shape index (κ2) is 6.82. The van der Waals surface area contributed by atoms with Gasteiger partial charge in [0.25, 0.3) is 0 Å². The van der Waals surface area contributed by atoms with Crippen LogP contribution in [0.3, 0.4) is 0 Å². The van der Waals surface area contributed by atoms with Gasteiger partial charge in [-0.3, -0.25) is 4.79 Å². The predicted molar refractivity (Wildman–Crippen MR) is 60.8 cm³/mol. The molecule has 0 aromatic heterocycles. The molecule has 0 saturated heterocycles. The molecule has 0 heterocycles. The van der Waals surface area contributed by atoms with E-state index in [-0.39, 0.29) is 19.0 Å². The smallest absolute Gasteiger partial charge is 0.333 e. The van der Waals surface area contributed by atoms with Crippen LogP contribution in [0.25, 0.3) is 0 Å². The molecular formula is C12H18O4. The van der Waals surface area contributed by atoms with Gasteiger partial charge in [-0.2, -0.15) is 0 Å².